The highest BCUT2D eigenvalue weighted by Gasteiger charge is 2.06. The number of benzene rings is 1. The van der Waals surface area contributed by atoms with Gasteiger partial charge in [-0.25, -0.2) is 9.59 Å². The van der Waals surface area contributed by atoms with Crippen molar-refractivity contribution in [1.82, 2.24) is 9.97 Å². The van der Waals surface area contributed by atoms with E-state index in [9.17, 15) is 9.59 Å². The highest BCUT2D eigenvalue weighted by molar-refractivity contribution is 5.93. The second-order valence-electron chi connectivity index (χ2n) is 4.66. The fourth-order valence-electron chi connectivity index (χ4n) is 1.87. The SMILES string of the molecule is O=C(O)c1cccc(C(=O)O)c1.c1cc(-c2ccncc2)ccn1. The number of rotatable bonds is 3. The maximum absolute atomic E-state index is 10.4. The molecule has 0 saturated carbocycles. The van der Waals surface area contributed by atoms with Gasteiger partial charge >= 0.3 is 11.9 Å². The van der Waals surface area contributed by atoms with Crippen LogP contribution in [0.4, 0.5) is 0 Å². The van der Waals surface area contributed by atoms with Gasteiger partial charge in [0, 0.05) is 24.8 Å². The molecular formula is C18H14N2O4. The Bertz CT molecular complexity index is 754. The lowest BCUT2D eigenvalue weighted by molar-refractivity contribution is 0.0696. The van der Waals surface area contributed by atoms with Crippen LogP contribution in [0.3, 0.4) is 0 Å². The zero-order chi connectivity index (χ0) is 17.4. The molecule has 2 N–H and O–H groups in total. The van der Waals surface area contributed by atoms with Crippen LogP contribution in [0.25, 0.3) is 11.1 Å². The average molecular weight is 322 g/mol. The third kappa shape index (κ3) is 4.74. The second kappa shape index (κ2) is 8.19. The quantitative estimate of drug-likeness (QED) is 0.768. The number of aromatic carboxylic acids is 2. The van der Waals surface area contributed by atoms with Gasteiger partial charge in [-0.05, 0) is 53.6 Å². The molecule has 0 atom stereocenters. The molecule has 2 heterocycles. The van der Waals surface area contributed by atoms with E-state index in [1.165, 1.54) is 29.3 Å². The summed E-state index contributed by atoms with van der Waals surface area (Å²) in [6, 6.07) is 13.1. The highest BCUT2D eigenvalue weighted by atomic mass is 16.4. The van der Waals surface area contributed by atoms with E-state index >= 15 is 0 Å². The van der Waals surface area contributed by atoms with E-state index in [1.54, 1.807) is 24.8 Å². The summed E-state index contributed by atoms with van der Waals surface area (Å²) in [6.45, 7) is 0. The summed E-state index contributed by atoms with van der Waals surface area (Å²) in [7, 11) is 0. The molecule has 0 radical (unpaired) electrons. The average Bonchev–Trinajstić information content (AvgIpc) is 2.64. The second-order valence-corrected chi connectivity index (χ2v) is 4.66. The van der Waals surface area contributed by atoms with Crippen molar-refractivity contribution in [2.45, 2.75) is 0 Å². The Morgan fingerprint density at radius 2 is 1.04 bits per heavy atom. The van der Waals surface area contributed by atoms with Crippen molar-refractivity contribution in [1.29, 1.82) is 0 Å². The van der Waals surface area contributed by atoms with Crippen LogP contribution in [-0.4, -0.2) is 32.1 Å². The maximum atomic E-state index is 10.4. The zero-order valence-corrected chi connectivity index (χ0v) is 12.5. The van der Waals surface area contributed by atoms with Crippen LogP contribution in [-0.2, 0) is 0 Å². The van der Waals surface area contributed by atoms with Crippen LogP contribution in [0.2, 0.25) is 0 Å². The van der Waals surface area contributed by atoms with Crippen molar-refractivity contribution >= 4 is 11.9 Å². The Hall–Kier alpha value is -3.54. The molecular weight excluding hydrogens is 308 g/mol. The standard InChI is InChI=1S/C10H8N2.C8H6O4/c1-5-11-6-2-9(1)10-3-7-12-8-4-10;9-7(10)5-2-1-3-6(4-5)8(11)12/h1-8H;1-4H,(H,9,10)(H,11,12). The van der Waals surface area contributed by atoms with Gasteiger partial charge in [0.1, 0.15) is 0 Å². The molecule has 0 bridgehead atoms. The minimum atomic E-state index is -1.13. The predicted molar refractivity (Wildman–Crippen MR) is 87.8 cm³/mol. The van der Waals surface area contributed by atoms with Crippen LogP contribution < -0.4 is 0 Å². The lowest BCUT2D eigenvalue weighted by Crippen LogP contribution is -2.01. The molecule has 120 valence electrons. The number of nitrogens with zero attached hydrogens (tertiary/aromatic N) is 2. The summed E-state index contributed by atoms with van der Waals surface area (Å²) in [5, 5.41) is 17.0. The van der Waals surface area contributed by atoms with Crippen molar-refractivity contribution in [2.75, 3.05) is 0 Å². The first-order chi connectivity index (χ1) is 11.6. The first-order valence-corrected chi connectivity index (χ1v) is 6.95. The molecule has 3 rings (SSSR count). The molecule has 0 amide bonds. The predicted octanol–water partition coefficient (Wildman–Crippen LogP) is 3.23. The van der Waals surface area contributed by atoms with Gasteiger partial charge in [-0.15, -0.1) is 0 Å². The first kappa shape index (κ1) is 16.8. The lowest BCUT2D eigenvalue weighted by Gasteiger charge is -1.97. The number of hydrogen-bond acceptors (Lipinski definition) is 4. The summed E-state index contributed by atoms with van der Waals surface area (Å²) in [5.41, 5.74) is 2.31. The third-order valence-corrected chi connectivity index (χ3v) is 3.05. The van der Waals surface area contributed by atoms with Crippen LogP contribution in [0.5, 0.6) is 0 Å². The molecule has 0 aliphatic rings. The van der Waals surface area contributed by atoms with Crippen molar-refractivity contribution in [3.63, 3.8) is 0 Å². The zero-order valence-electron chi connectivity index (χ0n) is 12.5. The van der Waals surface area contributed by atoms with E-state index < -0.39 is 11.9 Å². The van der Waals surface area contributed by atoms with E-state index in [1.807, 2.05) is 24.3 Å². The molecule has 0 saturated heterocycles. The van der Waals surface area contributed by atoms with Gasteiger partial charge in [0.2, 0.25) is 0 Å². The molecule has 0 fully saturated rings. The highest BCUT2D eigenvalue weighted by Crippen LogP contribution is 2.15. The Balaban J connectivity index is 0.000000174. The molecule has 6 nitrogen and oxygen atoms in total. The van der Waals surface area contributed by atoms with Crippen molar-refractivity contribution in [2.24, 2.45) is 0 Å². The topological polar surface area (TPSA) is 100 Å². The minimum Gasteiger partial charge on any atom is -0.478 e. The van der Waals surface area contributed by atoms with Gasteiger partial charge in [-0.1, -0.05) is 6.07 Å². The first-order valence-electron chi connectivity index (χ1n) is 6.95. The normalized spacial score (nSPS) is 9.50. The fourth-order valence-corrected chi connectivity index (χ4v) is 1.87. The lowest BCUT2D eigenvalue weighted by atomic mass is 10.1. The number of carbonyl (C=O) groups is 2. The van der Waals surface area contributed by atoms with Crippen LogP contribution in [0.1, 0.15) is 20.7 Å². The Labute approximate surface area is 138 Å². The molecule has 0 spiro atoms. The Kier molecular flexibility index (Phi) is 5.74. The molecule has 2 aromatic heterocycles. The third-order valence-electron chi connectivity index (χ3n) is 3.05. The summed E-state index contributed by atoms with van der Waals surface area (Å²) in [5.74, 6) is -2.25. The summed E-state index contributed by atoms with van der Waals surface area (Å²) < 4.78 is 0. The van der Waals surface area contributed by atoms with E-state index in [4.69, 9.17) is 10.2 Å². The van der Waals surface area contributed by atoms with Gasteiger partial charge in [0.15, 0.2) is 0 Å². The Morgan fingerprint density at radius 3 is 1.38 bits per heavy atom. The molecule has 0 aliphatic carbocycles. The van der Waals surface area contributed by atoms with Crippen LogP contribution >= 0.6 is 0 Å². The minimum absolute atomic E-state index is 0.0186. The smallest absolute Gasteiger partial charge is 0.335 e. The molecule has 3 aromatic rings. The number of hydrogen-bond donors (Lipinski definition) is 2. The number of aromatic nitrogens is 2. The molecule has 1 aromatic carbocycles. The molecule has 6 heteroatoms. The van der Waals surface area contributed by atoms with E-state index in [0.29, 0.717) is 0 Å². The number of carboxylic acids is 2. The van der Waals surface area contributed by atoms with E-state index in [2.05, 4.69) is 9.97 Å². The van der Waals surface area contributed by atoms with E-state index in [-0.39, 0.29) is 11.1 Å². The van der Waals surface area contributed by atoms with Gasteiger partial charge in [-0.3, -0.25) is 9.97 Å². The number of carboxylic acid groups (broad SMARTS) is 2. The molecule has 0 unspecified atom stereocenters. The number of pyridine rings is 2. The summed E-state index contributed by atoms with van der Waals surface area (Å²) >= 11 is 0. The van der Waals surface area contributed by atoms with Crippen LogP contribution in [0, 0.1) is 0 Å². The van der Waals surface area contributed by atoms with Crippen molar-refractivity contribution in [3.8, 4) is 11.1 Å². The Morgan fingerprint density at radius 1 is 0.667 bits per heavy atom. The monoisotopic (exact) mass is 322 g/mol. The fraction of sp³-hybridized carbons (Fsp3) is 0. The maximum Gasteiger partial charge on any atom is 0.335 e. The largest absolute Gasteiger partial charge is 0.478 e. The molecule has 24 heavy (non-hydrogen) atoms. The summed E-state index contributed by atoms with van der Waals surface area (Å²) in [6.07, 6.45) is 7.15. The van der Waals surface area contributed by atoms with Crippen LogP contribution in [0.15, 0.2) is 73.3 Å². The van der Waals surface area contributed by atoms with Crippen molar-refractivity contribution < 1.29 is 19.8 Å². The van der Waals surface area contributed by atoms with E-state index in [0.717, 1.165) is 6.07 Å². The van der Waals surface area contributed by atoms with Crippen molar-refractivity contribution in [3.05, 3.63) is 84.4 Å². The molecule has 0 aliphatic heterocycles. The van der Waals surface area contributed by atoms with Gasteiger partial charge in [0.25, 0.3) is 0 Å². The van der Waals surface area contributed by atoms with Gasteiger partial charge in [0.05, 0.1) is 11.1 Å². The summed E-state index contributed by atoms with van der Waals surface area (Å²) in [4.78, 5) is 28.7. The van der Waals surface area contributed by atoms with Gasteiger partial charge < -0.3 is 10.2 Å². The van der Waals surface area contributed by atoms with Gasteiger partial charge in [-0.2, -0.15) is 0 Å².